The number of likely N-dealkylation sites (tertiary alicyclic amines) is 1. The number of nitrogens with zero attached hydrogens (tertiary/aromatic N) is 3. The van der Waals surface area contributed by atoms with E-state index in [4.69, 9.17) is 9.47 Å². The van der Waals surface area contributed by atoms with E-state index in [-0.39, 0.29) is 11.6 Å². The van der Waals surface area contributed by atoms with Gasteiger partial charge in [-0.3, -0.25) is 9.80 Å². The second-order valence-electron chi connectivity index (χ2n) is 6.80. The molecular formula is C13H23N3O4S. The monoisotopic (exact) mass is 317 g/mol. The van der Waals surface area contributed by atoms with Crippen LogP contribution in [0.4, 0.5) is 0 Å². The van der Waals surface area contributed by atoms with Gasteiger partial charge in [0.2, 0.25) is 10.0 Å². The van der Waals surface area contributed by atoms with Crippen LogP contribution in [-0.2, 0) is 19.5 Å². The molecule has 21 heavy (non-hydrogen) atoms. The maximum atomic E-state index is 12.0. The molecule has 4 heterocycles. The van der Waals surface area contributed by atoms with Crippen molar-refractivity contribution in [1.82, 2.24) is 14.1 Å². The number of ether oxygens (including phenoxy) is 2. The van der Waals surface area contributed by atoms with E-state index in [1.807, 2.05) is 0 Å². The molecule has 4 rings (SSSR count). The molecule has 0 aromatic rings. The smallest absolute Gasteiger partial charge is 0.211 e. The molecule has 4 aliphatic rings. The topological polar surface area (TPSA) is 62.3 Å². The second-order valence-corrected chi connectivity index (χ2v) is 8.78. The highest BCUT2D eigenvalue weighted by molar-refractivity contribution is 7.88. The highest BCUT2D eigenvalue weighted by Gasteiger charge is 2.57. The summed E-state index contributed by atoms with van der Waals surface area (Å²) < 4.78 is 36.5. The molecule has 120 valence electrons. The summed E-state index contributed by atoms with van der Waals surface area (Å²) in [5, 5.41) is 0. The molecular weight excluding hydrogens is 294 g/mol. The Morgan fingerprint density at radius 2 is 1.76 bits per heavy atom. The molecule has 7 nitrogen and oxygen atoms in total. The maximum Gasteiger partial charge on any atom is 0.211 e. The average Bonchev–Trinajstić information content (AvgIpc) is 2.33. The molecule has 0 saturated carbocycles. The molecule has 1 spiro atoms. The van der Waals surface area contributed by atoms with Gasteiger partial charge < -0.3 is 9.47 Å². The van der Waals surface area contributed by atoms with Crippen molar-refractivity contribution in [2.45, 2.75) is 17.6 Å². The van der Waals surface area contributed by atoms with Crippen molar-refractivity contribution in [3.8, 4) is 0 Å². The number of piperazine rings is 1. The van der Waals surface area contributed by atoms with E-state index in [0.29, 0.717) is 25.7 Å². The summed E-state index contributed by atoms with van der Waals surface area (Å²) in [6, 6.07) is 0.728. The summed E-state index contributed by atoms with van der Waals surface area (Å²) in [5.41, 5.74) is -0.0225. The van der Waals surface area contributed by atoms with Crippen LogP contribution < -0.4 is 0 Å². The van der Waals surface area contributed by atoms with Gasteiger partial charge in [0.25, 0.3) is 0 Å². The third-order valence-electron chi connectivity index (χ3n) is 5.32. The van der Waals surface area contributed by atoms with E-state index in [9.17, 15) is 8.42 Å². The molecule has 0 aromatic heterocycles. The van der Waals surface area contributed by atoms with E-state index >= 15 is 0 Å². The Morgan fingerprint density at radius 3 is 2.38 bits per heavy atom. The van der Waals surface area contributed by atoms with Gasteiger partial charge in [-0.05, 0) is 0 Å². The van der Waals surface area contributed by atoms with Crippen LogP contribution in [0.1, 0.15) is 0 Å². The second kappa shape index (κ2) is 4.87. The van der Waals surface area contributed by atoms with Crippen LogP contribution in [0.25, 0.3) is 0 Å². The molecule has 4 aliphatic heterocycles. The highest BCUT2D eigenvalue weighted by atomic mass is 32.2. The first kappa shape index (κ1) is 14.3. The van der Waals surface area contributed by atoms with Crippen molar-refractivity contribution < 1.29 is 17.9 Å². The van der Waals surface area contributed by atoms with Crippen LogP contribution >= 0.6 is 0 Å². The number of hydrogen-bond acceptors (Lipinski definition) is 6. The SMILES string of the molecule is CS(=O)(=O)N1CC2COCCN2C2(CN(C3COC3)C2)C1. The average molecular weight is 317 g/mol. The summed E-state index contributed by atoms with van der Waals surface area (Å²) in [5.74, 6) is 0. The quantitative estimate of drug-likeness (QED) is 0.612. The van der Waals surface area contributed by atoms with Crippen molar-refractivity contribution in [2.24, 2.45) is 0 Å². The summed E-state index contributed by atoms with van der Waals surface area (Å²) in [6.07, 6.45) is 1.32. The van der Waals surface area contributed by atoms with Crippen molar-refractivity contribution in [3.63, 3.8) is 0 Å². The third-order valence-corrected chi connectivity index (χ3v) is 6.54. The predicted molar refractivity (Wildman–Crippen MR) is 76.6 cm³/mol. The molecule has 0 aromatic carbocycles. The molecule has 1 atom stereocenters. The van der Waals surface area contributed by atoms with Crippen LogP contribution in [0.2, 0.25) is 0 Å². The fraction of sp³-hybridized carbons (Fsp3) is 1.00. The van der Waals surface area contributed by atoms with Gasteiger partial charge in [-0.1, -0.05) is 0 Å². The molecule has 0 amide bonds. The Balaban J connectivity index is 1.55. The maximum absolute atomic E-state index is 12.0. The standard InChI is InChI=1S/C13H23N3O4S/c1-21(17,18)15-4-11-5-19-3-2-16(11)13(10-15)8-14(9-13)12-6-20-7-12/h11-12H,2-10H2,1H3. The minimum Gasteiger partial charge on any atom is -0.378 e. The van der Waals surface area contributed by atoms with Gasteiger partial charge in [0, 0.05) is 38.8 Å². The van der Waals surface area contributed by atoms with Gasteiger partial charge in [-0.2, -0.15) is 4.31 Å². The van der Waals surface area contributed by atoms with Gasteiger partial charge in [-0.25, -0.2) is 8.42 Å². The Labute approximate surface area is 125 Å². The first-order valence-corrected chi connectivity index (χ1v) is 9.44. The van der Waals surface area contributed by atoms with E-state index in [1.54, 1.807) is 4.31 Å². The molecule has 0 aliphatic carbocycles. The lowest BCUT2D eigenvalue weighted by molar-refractivity contribution is -0.188. The zero-order valence-electron chi connectivity index (χ0n) is 12.4. The highest BCUT2D eigenvalue weighted by Crippen LogP contribution is 2.38. The van der Waals surface area contributed by atoms with E-state index in [0.717, 1.165) is 39.5 Å². The summed E-state index contributed by atoms with van der Waals surface area (Å²) in [7, 11) is -3.15. The van der Waals surface area contributed by atoms with E-state index in [1.165, 1.54) is 6.26 Å². The molecule has 4 fully saturated rings. The van der Waals surface area contributed by atoms with Crippen LogP contribution in [0.3, 0.4) is 0 Å². The fourth-order valence-electron chi connectivity index (χ4n) is 4.09. The molecule has 0 N–H and O–H groups in total. The van der Waals surface area contributed by atoms with Crippen LogP contribution in [0.15, 0.2) is 0 Å². The largest absolute Gasteiger partial charge is 0.378 e. The van der Waals surface area contributed by atoms with Crippen molar-refractivity contribution in [1.29, 1.82) is 0 Å². The molecule has 1 unspecified atom stereocenters. The molecule has 0 radical (unpaired) electrons. The Bertz CT molecular complexity index is 516. The van der Waals surface area contributed by atoms with Crippen molar-refractivity contribution in [3.05, 3.63) is 0 Å². The Morgan fingerprint density at radius 1 is 1.05 bits per heavy atom. The van der Waals surface area contributed by atoms with Crippen molar-refractivity contribution in [2.75, 3.05) is 65.4 Å². The lowest BCUT2D eigenvalue weighted by atomic mass is 9.82. The Kier molecular flexibility index (Phi) is 3.33. The van der Waals surface area contributed by atoms with Crippen LogP contribution in [0.5, 0.6) is 0 Å². The van der Waals surface area contributed by atoms with Gasteiger partial charge in [0.05, 0.1) is 44.3 Å². The minimum absolute atomic E-state index is 0.0225. The van der Waals surface area contributed by atoms with Gasteiger partial charge in [0.15, 0.2) is 0 Å². The zero-order valence-corrected chi connectivity index (χ0v) is 13.2. The number of hydrogen-bond donors (Lipinski definition) is 0. The van der Waals surface area contributed by atoms with Gasteiger partial charge in [0.1, 0.15) is 0 Å². The number of rotatable bonds is 2. The first-order valence-electron chi connectivity index (χ1n) is 7.59. The predicted octanol–water partition coefficient (Wildman–Crippen LogP) is -1.58. The first-order chi connectivity index (χ1) is 9.98. The fourth-order valence-corrected chi connectivity index (χ4v) is 5.00. The van der Waals surface area contributed by atoms with Crippen LogP contribution in [-0.4, -0.2) is 106 Å². The van der Waals surface area contributed by atoms with Gasteiger partial charge >= 0.3 is 0 Å². The van der Waals surface area contributed by atoms with Crippen molar-refractivity contribution >= 4 is 10.0 Å². The molecule has 8 heteroatoms. The normalized spacial score (nSPS) is 35.2. The van der Waals surface area contributed by atoms with E-state index < -0.39 is 10.0 Å². The third kappa shape index (κ3) is 2.32. The lowest BCUT2D eigenvalue weighted by Gasteiger charge is -2.64. The number of fused-ring (bicyclic) bond motifs is 2. The van der Waals surface area contributed by atoms with E-state index in [2.05, 4.69) is 9.80 Å². The van der Waals surface area contributed by atoms with Crippen LogP contribution in [0, 0.1) is 0 Å². The molecule has 0 bridgehead atoms. The minimum atomic E-state index is -3.15. The van der Waals surface area contributed by atoms with Gasteiger partial charge in [-0.15, -0.1) is 0 Å². The summed E-state index contributed by atoms with van der Waals surface area (Å²) >= 11 is 0. The number of sulfonamides is 1. The summed E-state index contributed by atoms with van der Waals surface area (Å²) in [6.45, 7) is 7.02. The zero-order chi connectivity index (χ0) is 14.7. The molecule has 4 saturated heterocycles. The Hall–Kier alpha value is -0.250. The lowest BCUT2D eigenvalue weighted by Crippen LogP contribution is -2.82. The number of morpholine rings is 1. The summed E-state index contributed by atoms with van der Waals surface area (Å²) in [4.78, 5) is 4.94.